The average molecular weight is 652 g/mol. The number of fused-ring (bicyclic) bond motifs is 3. The standard InChI is InChI=1S/C32H29F4N7O2S/c1-18(33)30(44)43-11-10-41(15-20(43)6-8-37)29-22-12-23(35)25(21-4-2-5-24-27(21)38-17-46-24)26(36)28(22)39-31(40-29)45-16-32-7-3-9-42(32)14-19(34)13-32/h2,4-5,12,17,19-20H,1,3,6-7,9-11,13-16H2/t19-,20+,32?/m1/s1. The third-order valence-corrected chi connectivity index (χ3v) is 10.1. The third kappa shape index (κ3) is 5.11. The highest BCUT2D eigenvalue weighted by molar-refractivity contribution is 7.16. The fourth-order valence-electron chi connectivity index (χ4n) is 7.20. The number of hydrogen-bond donors (Lipinski definition) is 0. The number of carbonyl (C=O) groups is 1. The molecule has 3 atom stereocenters. The first-order valence-corrected chi connectivity index (χ1v) is 15.9. The molecule has 1 unspecified atom stereocenters. The molecule has 1 amide bonds. The molecule has 2 aromatic heterocycles. The Hall–Kier alpha value is -4.35. The molecule has 46 heavy (non-hydrogen) atoms. The van der Waals surface area contributed by atoms with E-state index in [4.69, 9.17) is 4.74 Å². The van der Waals surface area contributed by atoms with Gasteiger partial charge in [-0.15, -0.1) is 11.3 Å². The van der Waals surface area contributed by atoms with Crippen molar-refractivity contribution in [2.24, 2.45) is 0 Å². The molecule has 14 heteroatoms. The van der Waals surface area contributed by atoms with Gasteiger partial charge in [-0.1, -0.05) is 18.7 Å². The lowest BCUT2D eigenvalue weighted by molar-refractivity contribution is -0.131. The largest absolute Gasteiger partial charge is 0.461 e. The molecule has 0 N–H and O–H groups in total. The zero-order chi connectivity index (χ0) is 32.2. The predicted octanol–water partition coefficient (Wildman–Crippen LogP) is 5.55. The second kappa shape index (κ2) is 11.8. The van der Waals surface area contributed by atoms with Crippen molar-refractivity contribution >= 4 is 44.2 Å². The van der Waals surface area contributed by atoms with Crippen LogP contribution in [0.15, 0.2) is 42.2 Å². The number of alkyl halides is 1. The van der Waals surface area contributed by atoms with Gasteiger partial charge in [-0.05, 0) is 31.5 Å². The number of ether oxygens (including phenoxy) is 1. The van der Waals surface area contributed by atoms with Crippen LogP contribution in [0.2, 0.25) is 0 Å². The lowest BCUT2D eigenvalue weighted by Crippen LogP contribution is -2.55. The minimum atomic E-state index is -1.14. The van der Waals surface area contributed by atoms with Crippen LogP contribution in [0, 0.1) is 23.0 Å². The summed E-state index contributed by atoms with van der Waals surface area (Å²) in [6.07, 6.45) is 0.842. The van der Waals surface area contributed by atoms with Gasteiger partial charge in [0.05, 0.1) is 45.4 Å². The molecule has 2 aromatic carbocycles. The highest BCUT2D eigenvalue weighted by atomic mass is 32.1. The van der Waals surface area contributed by atoms with E-state index < -0.39 is 41.1 Å². The van der Waals surface area contributed by atoms with E-state index in [9.17, 15) is 18.8 Å². The van der Waals surface area contributed by atoms with Gasteiger partial charge in [0, 0.05) is 43.5 Å². The number of halogens is 4. The first-order valence-electron chi connectivity index (χ1n) is 15.0. The van der Waals surface area contributed by atoms with E-state index in [2.05, 4.69) is 26.4 Å². The smallest absolute Gasteiger partial charge is 0.319 e. The quantitative estimate of drug-likeness (QED) is 0.190. The van der Waals surface area contributed by atoms with E-state index in [1.54, 1.807) is 22.5 Å². The summed E-state index contributed by atoms with van der Waals surface area (Å²) in [5.74, 6) is -3.70. The summed E-state index contributed by atoms with van der Waals surface area (Å²) < 4.78 is 67.7. The summed E-state index contributed by atoms with van der Waals surface area (Å²) in [5.41, 5.74) is 1.32. The minimum Gasteiger partial charge on any atom is -0.461 e. The van der Waals surface area contributed by atoms with E-state index >= 15 is 8.78 Å². The van der Waals surface area contributed by atoms with Crippen LogP contribution in [0.25, 0.3) is 32.2 Å². The molecule has 0 bridgehead atoms. The Morgan fingerprint density at radius 2 is 2.04 bits per heavy atom. The van der Waals surface area contributed by atoms with Crippen molar-refractivity contribution in [3.63, 3.8) is 0 Å². The Morgan fingerprint density at radius 3 is 2.85 bits per heavy atom. The first kappa shape index (κ1) is 30.3. The highest BCUT2D eigenvalue weighted by Crippen LogP contribution is 2.42. The number of amides is 1. The van der Waals surface area contributed by atoms with Gasteiger partial charge in [-0.25, -0.2) is 22.5 Å². The molecular formula is C32H29F4N7O2S. The Kier molecular flexibility index (Phi) is 7.76. The molecule has 4 aromatic rings. The molecule has 0 aliphatic carbocycles. The van der Waals surface area contributed by atoms with Crippen LogP contribution < -0.4 is 9.64 Å². The number of thiazole rings is 1. The van der Waals surface area contributed by atoms with Crippen molar-refractivity contribution in [2.75, 3.05) is 44.2 Å². The monoisotopic (exact) mass is 651 g/mol. The number of nitrogens with zero attached hydrogens (tertiary/aromatic N) is 7. The molecule has 9 nitrogen and oxygen atoms in total. The molecule has 0 saturated carbocycles. The Labute approximate surface area is 265 Å². The molecule has 0 spiro atoms. The molecule has 238 valence electrons. The normalized spacial score (nSPS) is 23.2. The molecule has 0 radical (unpaired) electrons. The Bertz CT molecular complexity index is 1910. The maximum atomic E-state index is 16.6. The summed E-state index contributed by atoms with van der Waals surface area (Å²) >= 11 is 1.35. The van der Waals surface area contributed by atoms with Crippen molar-refractivity contribution in [1.29, 1.82) is 5.26 Å². The van der Waals surface area contributed by atoms with Crippen LogP contribution in [-0.2, 0) is 4.79 Å². The van der Waals surface area contributed by atoms with Gasteiger partial charge in [0.15, 0.2) is 11.6 Å². The SMILES string of the molecule is C=C(F)C(=O)N1CCN(c2nc(OCC34CCCN3C[C@H](F)C4)nc3c(F)c(-c4cccc5scnc45)c(F)cc23)C[C@@H]1CC#N. The third-order valence-electron chi connectivity index (χ3n) is 9.31. The molecule has 5 heterocycles. The van der Waals surface area contributed by atoms with E-state index in [-0.39, 0.29) is 66.5 Å². The molecular weight excluding hydrogens is 622 g/mol. The van der Waals surface area contributed by atoms with E-state index in [1.165, 1.54) is 22.3 Å². The summed E-state index contributed by atoms with van der Waals surface area (Å²) in [5, 5.41) is 9.53. The summed E-state index contributed by atoms with van der Waals surface area (Å²) in [6.45, 7) is 4.42. The van der Waals surface area contributed by atoms with E-state index in [1.807, 2.05) is 12.1 Å². The van der Waals surface area contributed by atoms with Crippen LogP contribution in [0.5, 0.6) is 6.01 Å². The zero-order valence-corrected chi connectivity index (χ0v) is 25.5. The fraction of sp³-hybridized carbons (Fsp3) is 0.406. The highest BCUT2D eigenvalue weighted by Gasteiger charge is 2.49. The summed E-state index contributed by atoms with van der Waals surface area (Å²) in [6, 6.07) is 7.40. The Morgan fingerprint density at radius 1 is 1.20 bits per heavy atom. The summed E-state index contributed by atoms with van der Waals surface area (Å²) in [7, 11) is 0. The van der Waals surface area contributed by atoms with E-state index in [0.29, 0.717) is 18.5 Å². The van der Waals surface area contributed by atoms with Gasteiger partial charge in [0.2, 0.25) is 0 Å². The average Bonchev–Trinajstić information content (AvgIpc) is 3.74. The number of aromatic nitrogens is 3. The number of nitriles is 1. The van der Waals surface area contributed by atoms with Crippen molar-refractivity contribution in [2.45, 2.75) is 43.4 Å². The van der Waals surface area contributed by atoms with Crippen molar-refractivity contribution in [3.8, 4) is 23.2 Å². The van der Waals surface area contributed by atoms with Crippen LogP contribution in [-0.4, -0.2) is 87.7 Å². The van der Waals surface area contributed by atoms with Crippen LogP contribution in [0.1, 0.15) is 25.7 Å². The van der Waals surface area contributed by atoms with Gasteiger partial charge in [-0.2, -0.15) is 15.2 Å². The maximum absolute atomic E-state index is 16.6. The fourth-order valence-corrected chi connectivity index (χ4v) is 7.90. The number of anilines is 1. The lowest BCUT2D eigenvalue weighted by atomic mass is 9.95. The van der Waals surface area contributed by atoms with Crippen molar-refractivity contribution in [3.05, 3.63) is 53.8 Å². The van der Waals surface area contributed by atoms with Crippen LogP contribution in [0.4, 0.5) is 23.4 Å². The van der Waals surface area contributed by atoms with Crippen LogP contribution in [0.3, 0.4) is 0 Å². The number of hydrogen-bond acceptors (Lipinski definition) is 9. The number of rotatable bonds is 7. The van der Waals surface area contributed by atoms with Crippen LogP contribution >= 0.6 is 11.3 Å². The van der Waals surface area contributed by atoms with Crippen molar-refractivity contribution in [1.82, 2.24) is 24.8 Å². The summed E-state index contributed by atoms with van der Waals surface area (Å²) in [4.78, 5) is 30.8. The molecule has 7 rings (SSSR count). The first-order chi connectivity index (χ1) is 22.2. The number of carbonyl (C=O) groups excluding carboxylic acids is 1. The molecule has 3 aliphatic rings. The lowest BCUT2D eigenvalue weighted by Gasteiger charge is -2.41. The van der Waals surface area contributed by atoms with Gasteiger partial charge in [0.1, 0.15) is 29.9 Å². The molecule has 3 fully saturated rings. The van der Waals surface area contributed by atoms with Gasteiger partial charge in [-0.3, -0.25) is 9.69 Å². The zero-order valence-electron chi connectivity index (χ0n) is 24.7. The van der Waals surface area contributed by atoms with E-state index in [0.717, 1.165) is 24.1 Å². The van der Waals surface area contributed by atoms with Gasteiger partial charge >= 0.3 is 6.01 Å². The molecule has 3 saturated heterocycles. The topological polar surface area (TPSA) is 98.5 Å². The maximum Gasteiger partial charge on any atom is 0.319 e. The second-order valence-electron chi connectivity index (χ2n) is 12.0. The van der Waals surface area contributed by atoms with Gasteiger partial charge < -0.3 is 14.5 Å². The number of piperazine rings is 1. The Balaban J connectivity index is 1.33. The number of benzene rings is 2. The minimum absolute atomic E-state index is 0.0145. The van der Waals surface area contributed by atoms with Crippen molar-refractivity contribution < 1.29 is 27.1 Å². The second-order valence-corrected chi connectivity index (χ2v) is 12.9. The number of para-hydroxylation sites is 1. The van der Waals surface area contributed by atoms with Gasteiger partial charge in [0.25, 0.3) is 5.91 Å². The molecule has 3 aliphatic heterocycles. The predicted molar refractivity (Wildman–Crippen MR) is 165 cm³/mol.